The number of carbonyl (C=O) groups excluding carboxylic acids is 1. The Balaban J connectivity index is 1.84. The average molecular weight is 316 g/mol. The summed E-state index contributed by atoms with van der Waals surface area (Å²) in [4.78, 5) is 23.9. The maximum atomic E-state index is 12.1. The number of hydrogen-bond acceptors (Lipinski definition) is 5. The highest BCUT2D eigenvalue weighted by Gasteiger charge is 2.23. The number of ether oxygens (including phenoxy) is 2. The minimum absolute atomic E-state index is 0.0841. The summed E-state index contributed by atoms with van der Waals surface area (Å²) in [6.45, 7) is 5.15. The molecule has 2 heterocycles. The first-order chi connectivity index (χ1) is 11.1. The normalized spacial score (nSPS) is 15.7. The minimum atomic E-state index is -0.427. The third kappa shape index (κ3) is 3.29. The molecule has 0 radical (unpaired) electrons. The number of aryl methyl sites for hydroxylation is 2. The molecule has 0 unspecified atom stereocenters. The van der Waals surface area contributed by atoms with Gasteiger partial charge in [-0.3, -0.25) is 4.79 Å². The van der Waals surface area contributed by atoms with Crippen molar-refractivity contribution in [2.24, 2.45) is 5.92 Å². The number of rotatable bonds is 3. The van der Waals surface area contributed by atoms with Crippen LogP contribution in [0.3, 0.4) is 0 Å². The van der Waals surface area contributed by atoms with Crippen LogP contribution in [0.4, 0.5) is 0 Å². The molecule has 0 N–H and O–H groups in total. The zero-order valence-electron chi connectivity index (χ0n) is 13.4. The Labute approximate surface area is 134 Å². The molecule has 1 saturated heterocycles. The van der Waals surface area contributed by atoms with Crippen LogP contribution in [-0.4, -0.2) is 19.2 Å². The predicted molar refractivity (Wildman–Crippen MR) is 85.3 cm³/mol. The fourth-order valence-corrected chi connectivity index (χ4v) is 2.84. The van der Waals surface area contributed by atoms with Crippen molar-refractivity contribution in [3.63, 3.8) is 0 Å². The van der Waals surface area contributed by atoms with Gasteiger partial charge >= 0.3 is 11.6 Å². The van der Waals surface area contributed by atoms with Crippen molar-refractivity contribution in [1.82, 2.24) is 0 Å². The molecule has 1 aromatic heterocycles. The highest BCUT2D eigenvalue weighted by Crippen LogP contribution is 2.24. The third-order valence-electron chi connectivity index (χ3n) is 4.44. The van der Waals surface area contributed by atoms with Crippen molar-refractivity contribution in [2.45, 2.75) is 33.3 Å². The average Bonchev–Trinajstić information content (AvgIpc) is 2.57. The highest BCUT2D eigenvalue weighted by atomic mass is 16.5. The Bertz CT molecular complexity index is 784. The SMILES string of the molecule is Cc1ccc2c(COC(=O)C3CCOCC3)cc(=O)oc2c1C. The molecule has 1 aliphatic heterocycles. The number of benzene rings is 1. The van der Waals surface area contributed by atoms with Crippen LogP contribution in [0.15, 0.2) is 27.4 Å². The van der Waals surface area contributed by atoms with Gasteiger partial charge in [-0.05, 0) is 37.8 Å². The lowest BCUT2D eigenvalue weighted by Crippen LogP contribution is -2.25. The second-order valence-corrected chi connectivity index (χ2v) is 5.97. The Morgan fingerprint density at radius 3 is 2.74 bits per heavy atom. The zero-order valence-corrected chi connectivity index (χ0v) is 13.4. The van der Waals surface area contributed by atoms with Crippen molar-refractivity contribution >= 4 is 16.9 Å². The number of esters is 1. The maximum absolute atomic E-state index is 12.1. The Hall–Kier alpha value is -2.14. The third-order valence-corrected chi connectivity index (χ3v) is 4.44. The van der Waals surface area contributed by atoms with Gasteiger partial charge in [0.2, 0.25) is 0 Å². The van der Waals surface area contributed by atoms with Gasteiger partial charge in [0.25, 0.3) is 0 Å². The summed E-state index contributed by atoms with van der Waals surface area (Å²) in [6, 6.07) is 5.27. The Morgan fingerprint density at radius 2 is 2.00 bits per heavy atom. The molecule has 0 saturated carbocycles. The smallest absolute Gasteiger partial charge is 0.336 e. The number of carbonyl (C=O) groups is 1. The Kier molecular flexibility index (Phi) is 4.48. The van der Waals surface area contributed by atoms with Crippen LogP contribution in [0.2, 0.25) is 0 Å². The van der Waals surface area contributed by atoms with Crippen LogP contribution in [0.5, 0.6) is 0 Å². The molecule has 1 aliphatic rings. The fraction of sp³-hybridized carbons (Fsp3) is 0.444. The maximum Gasteiger partial charge on any atom is 0.336 e. The lowest BCUT2D eigenvalue weighted by Gasteiger charge is -2.20. The molecule has 0 amide bonds. The summed E-state index contributed by atoms with van der Waals surface area (Å²) in [7, 11) is 0. The van der Waals surface area contributed by atoms with E-state index >= 15 is 0 Å². The number of hydrogen-bond donors (Lipinski definition) is 0. The van der Waals surface area contributed by atoms with Crippen LogP contribution in [-0.2, 0) is 20.9 Å². The van der Waals surface area contributed by atoms with Gasteiger partial charge < -0.3 is 13.9 Å². The summed E-state index contributed by atoms with van der Waals surface area (Å²) >= 11 is 0. The van der Waals surface area contributed by atoms with E-state index in [0.29, 0.717) is 37.2 Å². The Morgan fingerprint density at radius 1 is 1.26 bits per heavy atom. The van der Waals surface area contributed by atoms with E-state index in [1.54, 1.807) is 0 Å². The van der Waals surface area contributed by atoms with E-state index in [0.717, 1.165) is 16.5 Å². The molecule has 3 rings (SSSR count). The largest absolute Gasteiger partial charge is 0.461 e. The molecule has 23 heavy (non-hydrogen) atoms. The monoisotopic (exact) mass is 316 g/mol. The van der Waals surface area contributed by atoms with Crippen LogP contribution >= 0.6 is 0 Å². The molecular weight excluding hydrogens is 296 g/mol. The molecule has 122 valence electrons. The van der Waals surface area contributed by atoms with E-state index in [4.69, 9.17) is 13.9 Å². The summed E-state index contributed by atoms with van der Waals surface area (Å²) in [5, 5.41) is 0.812. The second kappa shape index (κ2) is 6.54. The summed E-state index contributed by atoms with van der Waals surface area (Å²) < 4.78 is 16.0. The topological polar surface area (TPSA) is 65.7 Å². The van der Waals surface area contributed by atoms with E-state index in [9.17, 15) is 9.59 Å². The van der Waals surface area contributed by atoms with Crippen molar-refractivity contribution in [3.05, 3.63) is 45.3 Å². The summed E-state index contributed by atoms with van der Waals surface area (Å²) in [5.74, 6) is -0.336. The molecule has 2 aromatic rings. The quantitative estimate of drug-likeness (QED) is 0.643. The fourth-order valence-electron chi connectivity index (χ4n) is 2.84. The standard InChI is InChI=1S/C18H20O5/c1-11-3-4-15-14(9-16(19)23-17(15)12(11)2)10-22-18(20)13-5-7-21-8-6-13/h3-4,9,13H,5-8,10H2,1-2H3. The van der Waals surface area contributed by atoms with E-state index in [-0.39, 0.29) is 18.5 Å². The predicted octanol–water partition coefficient (Wildman–Crippen LogP) is 2.88. The minimum Gasteiger partial charge on any atom is -0.461 e. The van der Waals surface area contributed by atoms with Gasteiger partial charge in [-0.15, -0.1) is 0 Å². The second-order valence-electron chi connectivity index (χ2n) is 5.97. The van der Waals surface area contributed by atoms with Crippen molar-refractivity contribution in [2.75, 3.05) is 13.2 Å². The first kappa shape index (κ1) is 15.7. The van der Waals surface area contributed by atoms with Gasteiger partial charge in [0, 0.05) is 30.2 Å². The van der Waals surface area contributed by atoms with Crippen LogP contribution in [0.25, 0.3) is 11.0 Å². The molecule has 1 aromatic carbocycles. The molecule has 0 spiro atoms. The van der Waals surface area contributed by atoms with Crippen LogP contribution in [0, 0.1) is 19.8 Å². The number of fused-ring (bicyclic) bond motifs is 1. The van der Waals surface area contributed by atoms with E-state index in [2.05, 4.69) is 0 Å². The molecule has 0 atom stereocenters. The lowest BCUT2D eigenvalue weighted by molar-refractivity contribution is -0.153. The van der Waals surface area contributed by atoms with Crippen LogP contribution in [0.1, 0.15) is 29.5 Å². The molecular formula is C18H20O5. The van der Waals surface area contributed by atoms with Gasteiger partial charge in [0.15, 0.2) is 0 Å². The lowest BCUT2D eigenvalue weighted by atomic mass is 10.0. The van der Waals surface area contributed by atoms with E-state index in [1.807, 2.05) is 26.0 Å². The summed E-state index contributed by atoms with van der Waals surface area (Å²) in [5.41, 5.74) is 2.80. The van der Waals surface area contributed by atoms with Gasteiger partial charge in [0.05, 0.1) is 5.92 Å². The molecule has 0 bridgehead atoms. The molecule has 1 fully saturated rings. The van der Waals surface area contributed by atoms with Crippen molar-refractivity contribution in [1.29, 1.82) is 0 Å². The molecule has 0 aliphatic carbocycles. The zero-order chi connectivity index (χ0) is 16.4. The highest BCUT2D eigenvalue weighted by molar-refractivity contribution is 5.84. The molecule has 5 nitrogen and oxygen atoms in total. The van der Waals surface area contributed by atoms with Crippen molar-refractivity contribution < 1.29 is 18.7 Å². The van der Waals surface area contributed by atoms with E-state index in [1.165, 1.54) is 6.07 Å². The summed E-state index contributed by atoms with van der Waals surface area (Å²) in [6.07, 6.45) is 1.38. The first-order valence-corrected chi connectivity index (χ1v) is 7.83. The van der Waals surface area contributed by atoms with Gasteiger partial charge in [0.1, 0.15) is 12.2 Å². The van der Waals surface area contributed by atoms with Gasteiger partial charge in [-0.1, -0.05) is 12.1 Å². The van der Waals surface area contributed by atoms with Gasteiger partial charge in [-0.2, -0.15) is 0 Å². The first-order valence-electron chi connectivity index (χ1n) is 7.83. The molecule has 5 heteroatoms. The van der Waals surface area contributed by atoms with Gasteiger partial charge in [-0.25, -0.2) is 4.79 Å². The van der Waals surface area contributed by atoms with Crippen molar-refractivity contribution in [3.8, 4) is 0 Å². The van der Waals surface area contributed by atoms with Crippen LogP contribution < -0.4 is 5.63 Å². The van der Waals surface area contributed by atoms with E-state index < -0.39 is 5.63 Å².